The van der Waals surface area contributed by atoms with E-state index in [0.717, 1.165) is 5.56 Å². The second-order valence-electron chi connectivity index (χ2n) is 4.50. The highest BCUT2D eigenvalue weighted by atomic mass is 16.5. The summed E-state index contributed by atoms with van der Waals surface area (Å²) in [5.41, 5.74) is 1.42. The Balaban J connectivity index is 1.91. The Morgan fingerprint density at radius 2 is 2.00 bits per heavy atom. The molecule has 2 rings (SSSR count). The number of para-hydroxylation sites is 1. The summed E-state index contributed by atoms with van der Waals surface area (Å²) in [6.07, 6.45) is 3.38. The number of carbonyl (C=O) groups excluding carboxylic acids is 1. The van der Waals surface area contributed by atoms with Crippen molar-refractivity contribution in [3.8, 4) is 11.8 Å². The fraction of sp³-hybridized carbons (Fsp3) is 0.188. The molecule has 1 aromatic heterocycles. The van der Waals surface area contributed by atoms with Crippen LogP contribution >= 0.6 is 0 Å². The first-order valence-corrected chi connectivity index (χ1v) is 6.45. The molecule has 0 radical (unpaired) electrons. The second kappa shape index (κ2) is 7.06. The first-order valence-electron chi connectivity index (χ1n) is 6.45. The van der Waals surface area contributed by atoms with Crippen LogP contribution in [0.2, 0.25) is 0 Å². The van der Waals surface area contributed by atoms with E-state index >= 15 is 0 Å². The number of rotatable bonds is 5. The highest BCUT2D eigenvalue weighted by Crippen LogP contribution is 2.16. The molecule has 0 saturated heterocycles. The van der Waals surface area contributed by atoms with Crippen molar-refractivity contribution < 1.29 is 9.53 Å². The van der Waals surface area contributed by atoms with E-state index in [4.69, 9.17) is 10.00 Å². The van der Waals surface area contributed by atoms with Gasteiger partial charge >= 0.3 is 0 Å². The molecule has 2 aromatic rings. The van der Waals surface area contributed by atoms with Gasteiger partial charge in [0.15, 0.2) is 6.61 Å². The number of pyridine rings is 1. The number of hydrogen-bond acceptors (Lipinski definition) is 4. The monoisotopic (exact) mass is 281 g/mol. The molecule has 5 nitrogen and oxygen atoms in total. The van der Waals surface area contributed by atoms with Crippen molar-refractivity contribution in [2.24, 2.45) is 0 Å². The smallest absolute Gasteiger partial charge is 0.260 e. The van der Waals surface area contributed by atoms with Gasteiger partial charge in [0.2, 0.25) is 0 Å². The Labute approximate surface area is 123 Å². The summed E-state index contributed by atoms with van der Waals surface area (Å²) in [5.74, 6) is 0.269. The van der Waals surface area contributed by atoms with Crippen LogP contribution in [0.5, 0.6) is 5.75 Å². The van der Waals surface area contributed by atoms with Gasteiger partial charge in [-0.05, 0) is 29.8 Å². The van der Waals surface area contributed by atoms with Gasteiger partial charge in [-0.15, -0.1) is 0 Å². The molecule has 0 N–H and O–H groups in total. The molecule has 5 heteroatoms. The van der Waals surface area contributed by atoms with Crippen LogP contribution in [0, 0.1) is 11.3 Å². The molecule has 0 atom stereocenters. The molecule has 0 unspecified atom stereocenters. The summed E-state index contributed by atoms with van der Waals surface area (Å²) >= 11 is 0. The SMILES string of the molecule is CN(Cc1ccncc1)C(=O)COc1ccccc1C#N. The van der Waals surface area contributed by atoms with E-state index in [1.54, 1.807) is 48.6 Å². The van der Waals surface area contributed by atoms with Crippen molar-refractivity contribution in [1.82, 2.24) is 9.88 Å². The standard InChI is InChI=1S/C16H15N3O2/c1-19(11-13-6-8-18-9-7-13)16(20)12-21-15-5-3-2-4-14(15)10-17/h2-9H,11-12H2,1H3. The summed E-state index contributed by atoms with van der Waals surface area (Å²) in [5, 5.41) is 8.96. The number of ether oxygens (including phenoxy) is 1. The Kier molecular flexibility index (Phi) is 4.89. The fourth-order valence-electron chi connectivity index (χ4n) is 1.78. The predicted molar refractivity (Wildman–Crippen MR) is 77.4 cm³/mol. The molecule has 0 spiro atoms. The van der Waals surface area contributed by atoms with Crippen molar-refractivity contribution in [2.75, 3.05) is 13.7 Å². The van der Waals surface area contributed by atoms with Gasteiger partial charge in [0.1, 0.15) is 11.8 Å². The van der Waals surface area contributed by atoms with Crippen LogP contribution in [0.1, 0.15) is 11.1 Å². The fourth-order valence-corrected chi connectivity index (χ4v) is 1.78. The van der Waals surface area contributed by atoms with Gasteiger partial charge in [-0.25, -0.2) is 0 Å². The Bertz CT molecular complexity index is 650. The minimum absolute atomic E-state index is 0.0969. The van der Waals surface area contributed by atoms with E-state index in [1.165, 1.54) is 0 Å². The zero-order valence-electron chi connectivity index (χ0n) is 11.7. The average Bonchev–Trinajstić information content (AvgIpc) is 2.53. The topological polar surface area (TPSA) is 66.2 Å². The Morgan fingerprint density at radius 3 is 2.71 bits per heavy atom. The van der Waals surface area contributed by atoms with Gasteiger partial charge in [-0.3, -0.25) is 9.78 Å². The van der Waals surface area contributed by atoms with Gasteiger partial charge in [-0.2, -0.15) is 5.26 Å². The summed E-state index contributed by atoms with van der Waals surface area (Å²) in [6.45, 7) is 0.394. The number of benzene rings is 1. The van der Waals surface area contributed by atoms with Gasteiger partial charge in [0, 0.05) is 26.0 Å². The normalized spacial score (nSPS) is 9.71. The molecule has 21 heavy (non-hydrogen) atoms. The van der Waals surface area contributed by atoms with Crippen LogP contribution in [0.4, 0.5) is 0 Å². The lowest BCUT2D eigenvalue weighted by Crippen LogP contribution is -2.31. The van der Waals surface area contributed by atoms with Crippen LogP contribution in [0.15, 0.2) is 48.8 Å². The van der Waals surface area contributed by atoms with E-state index in [1.807, 2.05) is 18.2 Å². The second-order valence-corrected chi connectivity index (χ2v) is 4.50. The van der Waals surface area contributed by atoms with Gasteiger partial charge < -0.3 is 9.64 Å². The minimum atomic E-state index is -0.153. The quantitative estimate of drug-likeness (QED) is 0.840. The first-order chi connectivity index (χ1) is 10.2. The largest absolute Gasteiger partial charge is 0.482 e. The lowest BCUT2D eigenvalue weighted by atomic mass is 10.2. The van der Waals surface area contributed by atoms with Crippen LogP contribution < -0.4 is 4.74 Å². The third-order valence-corrected chi connectivity index (χ3v) is 2.95. The zero-order chi connectivity index (χ0) is 15.1. The molecule has 1 amide bonds. The highest BCUT2D eigenvalue weighted by molar-refractivity contribution is 5.77. The Morgan fingerprint density at radius 1 is 1.29 bits per heavy atom. The maximum atomic E-state index is 12.0. The first kappa shape index (κ1) is 14.5. The van der Waals surface area contributed by atoms with Crippen molar-refractivity contribution in [2.45, 2.75) is 6.54 Å². The zero-order valence-corrected chi connectivity index (χ0v) is 11.7. The molecule has 0 saturated carbocycles. The summed E-state index contributed by atoms with van der Waals surface area (Å²) < 4.78 is 5.42. The molecular weight excluding hydrogens is 266 g/mol. The molecule has 1 heterocycles. The number of hydrogen-bond donors (Lipinski definition) is 0. The highest BCUT2D eigenvalue weighted by Gasteiger charge is 2.11. The number of amides is 1. The van der Waals surface area contributed by atoms with Gasteiger partial charge in [0.25, 0.3) is 5.91 Å². The van der Waals surface area contributed by atoms with Gasteiger partial charge in [0.05, 0.1) is 5.56 Å². The number of aromatic nitrogens is 1. The van der Waals surface area contributed by atoms with Crippen LogP contribution in [-0.2, 0) is 11.3 Å². The van der Waals surface area contributed by atoms with E-state index < -0.39 is 0 Å². The number of carbonyl (C=O) groups is 1. The number of nitriles is 1. The van der Waals surface area contributed by atoms with E-state index in [0.29, 0.717) is 17.9 Å². The lowest BCUT2D eigenvalue weighted by molar-refractivity contribution is -0.132. The van der Waals surface area contributed by atoms with Crippen LogP contribution in [-0.4, -0.2) is 29.4 Å². The van der Waals surface area contributed by atoms with Crippen molar-refractivity contribution in [3.63, 3.8) is 0 Å². The minimum Gasteiger partial charge on any atom is -0.482 e. The van der Waals surface area contributed by atoms with E-state index in [9.17, 15) is 4.79 Å². The van der Waals surface area contributed by atoms with E-state index in [2.05, 4.69) is 4.98 Å². The maximum absolute atomic E-state index is 12.0. The van der Waals surface area contributed by atoms with Crippen molar-refractivity contribution in [1.29, 1.82) is 5.26 Å². The maximum Gasteiger partial charge on any atom is 0.260 e. The average molecular weight is 281 g/mol. The Hall–Kier alpha value is -2.87. The molecule has 0 fully saturated rings. The molecule has 1 aromatic carbocycles. The summed E-state index contributed by atoms with van der Waals surface area (Å²) in [4.78, 5) is 17.5. The molecule has 0 aliphatic heterocycles. The third kappa shape index (κ3) is 4.05. The predicted octanol–water partition coefficient (Wildman–Crippen LogP) is 1.99. The van der Waals surface area contributed by atoms with E-state index in [-0.39, 0.29) is 12.5 Å². The van der Waals surface area contributed by atoms with Crippen molar-refractivity contribution in [3.05, 3.63) is 59.9 Å². The van der Waals surface area contributed by atoms with Crippen LogP contribution in [0.3, 0.4) is 0 Å². The molecular formula is C16H15N3O2. The lowest BCUT2D eigenvalue weighted by Gasteiger charge is -2.17. The summed E-state index contributed by atoms with van der Waals surface area (Å²) in [6, 6.07) is 12.6. The van der Waals surface area contributed by atoms with Gasteiger partial charge in [-0.1, -0.05) is 12.1 Å². The number of likely N-dealkylation sites (N-methyl/N-ethyl adjacent to an activating group) is 1. The number of nitrogens with zero attached hydrogens (tertiary/aromatic N) is 3. The molecule has 0 aliphatic carbocycles. The van der Waals surface area contributed by atoms with Crippen LogP contribution in [0.25, 0.3) is 0 Å². The molecule has 0 aliphatic rings. The van der Waals surface area contributed by atoms with Crippen molar-refractivity contribution >= 4 is 5.91 Å². The molecule has 0 bridgehead atoms. The summed E-state index contributed by atoms with van der Waals surface area (Å²) in [7, 11) is 1.71. The third-order valence-electron chi connectivity index (χ3n) is 2.95. The molecule has 106 valence electrons.